The van der Waals surface area contributed by atoms with Gasteiger partial charge in [-0.05, 0) is 23.3 Å². The molecule has 152 valence electrons. The van der Waals surface area contributed by atoms with Crippen LogP contribution in [0.2, 0.25) is 0 Å². The molecule has 8 nitrogen and oxygen atoms in total. The van der Waals surface area contributed by atoms with Crippen LogP contribution in [0.3, 0.4) is 0 Å². The Hall–Kier alpha value is -3.13. The average molecular weight is 398 g/mol. The summed E-state index contributed by atoms with van der Waals surface area (Å²) in [5.41, 5.74) is 2.03. The summed E-state index contributed by atoms with van der Waals surface area (Å²) in [5, 5.41) is 9.02. The third-order valence-corrected chi connectivity index (χ3v) is 5.38. The number of ether oxygens (including phenoxy) is 1. The predicted octanol–water partition coefficient (Wildman–Crippen LogP) is 1.55. The van der Waals surface area contributed by atoms with Crippen molar-refractivity contribution >= 4 is 17.8 Å². The number of carboxylic acids is 1. The Labute approximate surface area is 167 Å². The van der Waals surface area contributed by atoms with E-state index in [-0.39, 0.29) is 37.1 Å². The van der Waals surface area contributed by atoms with E-state index in [0.717, 1.165) is 11.1 Å². The van der Waals surface area contributed by atoms with Crippen molar-refractivity contribution < 1.29 is 28.6 Å². The molecule has 0 aliphatic carbocycles. The minimum absolute atomic E-state index is 0.160. The Morgan fingerprint density at radius 3 is 2.62 bits per heavy atom. The van der Waals surface area contributed by atoms with Gasteiger partial charge in [0, 0.05) is 26.1 Å². The Bertz CT molecular complexity index is 910. The first-order valence-electron chi connectivity index (χ1n) is 9.56. The third-order valence-electron chi connectivity index (χ3n) is 5.38. The molecule has 0 radical (unpaired) electrons. The van der Waals surface area contributed by atoms with Crippen LogP contribution in [-0.2, 0) is 27.3 Å². The first-order valence-corrected chi connectivity index (χ1v) is 9.56. The molecular weight excluding hydrogens is 376 g/mol. The van der Waals surface area contributed by atoms with Gasteiger partial charge in [-0.15, -0.1) is 0 Å². The first-order chi connectivity index (χ1) is 14.0. The Morgan fingerprint density at radius 2 is 1.90 bits per heavy atom. The zero-order valence-corrected chi connectivity index (χ0v) is 15.8. The van der Waals surface area contributed by atoms with E-state index in [9.17, 15) is 14.4 Å². The number of benzene rings is 1. The fourth-order valence-electron chi connectivity index (χ4n) is 3.95. The summed E-state index contributed by atoms with van der Waals surface area (Å²) in [6, 6.07) is 10.3. The second-order valence-electron chi connectivity index (χ2n) is 7.27. The van der Waals surface area contributed by atoms with Crippen molar-refractivity contribution in [2.45, 2.75) is 31.5 Å². The molecule has 2 aromatic rings. The lowest BCUT2D eigenvalue weighted by Crippen LogP contribution is -2.57. The fourth-order valence-corrected chi connectivity index (χ4v) is 3.95. The van der Waals surface area contributed by atoms with Gasteiger partial charge in [-0.1, -0.05) is 24.3 Å². The lowest BCUT2D eigenvalue weighted by Gasteiger charge is -2.40. The predicted molar refractivity (Wildman–Crippen MR) is 101 cm³/mol. The van der Waals surface area contributed by atoms with Gasteiger partial charge in [0.1, 0.15) is 6.04 Å². The molecule has 2 atom stereocenters. The first kappa shape index (κ1) is 19.2. The van der Waals surface area contributed by atoms with Gasteiger partial charge in [0.15, 0.2) is 5.76 Å². The van der Waals surface area contributed by atoms with Crippen molar-refractivity contribution in [1.82, 2.24) is 9.80 Å². The Balaban J connectivity index is 1.59. The molecule has 2 amide bonds. The second-order valence-corrected chi connectivity index (χ2v) is 7.27. The van der Waals surface area contributed by atoms with Crippen LogP contribution in [0.1, 0.15) is 28.1 Å². The number of hydrogen-bond donors (Lipinski definition) is 1. The largest absolute Gasteiger partial charge is 0.481 e. The van der Waals surface area contributed by atoms with Crippen LogP contribution in [0.15, 0.2) is 47.1 Å². The van der Waals surface area contributed by atoms with Crippen LogP contribution < -0.4 is 0 Å². The molecule has 4 rings (SSSR count). The number of amides is 2. The van der Waals surface area contributed by atoms with Crippen molar-refractivity contribution in [2.75, 3.05) is 19.7 Å². The van der Waals surface area contributed by atoms with Crippen LogP contribution >= 0.6 is 0 Å². The smallest absolute Gasteiger partial charge is 0.306 e. The number of aliphatic carboxylic acids is 1. The molecule has 0 spiro atoms. The van der Waals surface area contributed by atoms with E-state index in [4.69, 9.17) is 14.3 Å². The minimum atomic E-state index is -0.967. The zero-order chi connectivity index (χ0) is 20.4. The van der Waals surface area contributed by atoms with Crippen molar-refractivity contribution in [3.63, 3.8) is 0 Å². The maximum Gasteiger partial charge on any atom is 0.306 e. The number of fused-ring (bicyclic) bond motifs is 1. The van der Waals surface area contributed by atoms with Crippen LogP contribution in [0.5, 0.6) is 0 Å². The molecule has 0 saturated carbocycles. The maximum absolute atomic E-state index is 13.4. The topological polar surface area (TPSA) is 100 Å². The fraction of sp³-hybridized carbons (Fsp3) is 0.381. The van der Waals surface area contributed by atoms with Gasteiger partial charge in [-0.3, -0.25) is 14.4 Å². The van der Waals surface area contributed by atoms with Crippen molar-refractivity contribution in [2.24, 2.45) is 0 Å². The molecule has 2 aliphatic rings. The third kappa shape index (κ3) is 4.02. The Kier molecular flexibility index (Phi) is 5.35. The summed E-state index contributed by atoms with van der Waals surface area (Å²) in [6.45, 7) is 1.16. The molecule has 0 bridgehead atoms. The molecular formula is C21H22N2O6. The zero-order valence-electron chi connectivity index (χ0n) is 15.8. The highest BCUT2D eigenvalue weighted by Gasteiger charge is 2.39. The van der Waals surface area contributed by atoms with Gasteiger partial charge in [0.25, 0.3) is 5.91 Å². The number of hydrogen-bond acceptors (Lipinski definition) is 5. The number of carbonyl (C=O) groups excluding carboxylic acids is 2. The molecule has 8 heteroatoms. The number of furan rings is 1. The molecule has 1 saturated heterocycles. The SMILES string of the molecule is O=C(O)CC1CN(C(=O)C2Cc3ccccc3CN2C(=O)c2ccco2)CCO1. The van der Waals surface area contributed by atoms with Crippen molar-refractivity contribution in [3.05, 3.63) is 59.5 Å². The van der Waals surface area contributed by atoms with E-state index in [1.54, 1.807) is 21.9 Å². The molecule has 1 aromatic carbocycles. The van der Waals surface area contributed by atoms with E-state index in [0.29, 0.717) is 19.5 Å². The lowest BCUT2D eigenvalue weighted by atomic mass is 9.92. The van der Waals surface area contributed by atoms with Gasteiger partial charge < -0.3 is 24.1 Å². The number of morpholine rings is 1. The van der Waals surface area contributed by atoms with Gasteiger partial charge in [-0.25, -0.2) is 0 Å². The van der Waals surface area contributed by atoms with E-state index >= 15 is 0 Å². The monoisotopic (exact) mass is 398 g/mol. The molecule has 2 aliphatic heterocycles. The van der Waals surface area contributed by atoms with Crippen LogP contribution in [0, 0.1) is 0 Å². The molecule has 1 N–H and O–H groups in total. The summed E-state index contributed by atoms with van der Waals surface area (Å²) < 4.78 is 10.7. The number of rotatable bonds is 4. The van der Waals surface area contributed by atoms with Crippen LogP contribution in [0.4, 0.5) is 0 Å². The van der Waals surface area contributed by atoms with Crippen LogP contribution in [0.25, 0.3) is 0 Å². The van der Waals surface area contributed by atoms with Crippen molar-refractivity contribution in [3.8, 4) is 0 Å². The second kappa shape index (κ2) is 8.08. The summed E-state index contributed by atoms with van der Waals surface area (Å²) in [5.74, 6) is -1.31. The van der Waals surface area contributed by atoms with E-state index < -0.39 is 18.1 Å². The molecule has 3 heterocycles. The minimum Gasteiger partial charge on any atom is -0.481 e. The highest BCUT2D eigenvalue weighted by molar-refractivity contribution is 5.96. The van der Waals surface area contributed by atoms with Gasteiger partial charge in [0.05, 0.1) is 25.4 Å². The molecule has 1 aromatic heterocycles. The quantitative estimate of drug-likeness (QED) is 0.839. The standard InChI is InChI=1S/C21H22N2O6/c24-19(25)11-16-13-22(7-9-28-16)20(26)17-10-14-4-1-2-5-15(14)12-23(17)21(27)18-6-3-8-29-18/h1-6,8,16-17H,7,9-13H2,(H,24,25). The Morgan fingerprint density at radius 1 is 1.10 bits per heavy atom. The number of nitrogens with zero attached hydrogens (tertiary/aromatic N) is 2. The van der Waals surface area contributed by atoms with Gasteiger partial charge >= 0.3 is 5.97 Å². The van der Waals surface area contributed by atoms with E-state index in [1.807, 2.05) is 24.3 Å². The van der Waals surface area contributed by atoms with E-state index in [2.05, 4.69) is 0 Å². The number of carbonyl (C=O) groups is 3. The van der Waals surface area contributed by atoms with Crippen molar-refractivity contribution in [1.29, 1.82) is 0 Å². The number of carboxylic acid groups (broad SMARTS) is 1. The molecule has 29 heavy (non-hydrogen) atoms. The summed E-state index contributed by atoms with van der Waals surface area (Å²) in [7, 11) is 0. The van der Waals surface area contributed by atoms with Gasteiger partial charge in [-0.2, -0.15) is 0 Å². The average Bonchev–Trinajstić information content (AvgIpc) is 3.26. The highest BCUT2D eigenvalue weighted by atomic mass is 16.5. The summed E-state index contributed by atoms with van der Waals surface area (Å²) >= 11 is 0. The molecule has 2 unspecified atom stereocenters. The normalized spacial score (nSPS) is 21.5. The molecule has 1 fully saturated rings. The highest BCUT2D eigenvalue weighted by Crippen LogP contribution is 2.27. The van der Waals surface area contributed by atoms with Crippen LogP contribution in [-0.4, -0.2) is 64.5 Å². The summed E-state index contributed by atoms with van der Waals surface area (Å²) in [6.07, 6.45) is 1.13. The lowest BCUT2D eigenvalue weighted by molar-refractivity contribution is -0.150. The maximum atomic E-state index is 13.4. The van der Waals surface area contributed by atoms with Gasteiger partial charge in [0.2, 0.25) is 5.91 Å². The summed E-state index contributed by atoms with van der Waals surface area (Å²) in [4.78, 5) is 40.6. The van der Waals surface area contributed by atoms with E-state index in [1.165, 1.54) is 6.26 Å².